The van der Waals surface area contributed by atoms with Crippen LogP contribution in [0.15, 0.2) is 79.1 Å². The summed E-state index contributed by atoms with van der Waals surface area (Å²) in [5, 5.41) is 18.8. The van der Waals surface area contributed by atoms with Crippen LogP contribution in [0.4, 0.5) is 0 Å². The molecule has 0 aliphatic heterocycles. The number of nitrogens with one attached hydrogen (secondary N) is 2. The summed E-state index contributed by atoms with van der Waals surface area (Å²) >= 11 is 5.35. The van der Waals surface area contributed by atoms with Gasteiger partial charge in [-0.2, -0.15) is 9.78 Å². The lowest BCUT2D eigenvalue weighted by molar-refractivity contribution is 0.427. The van der Waals surface area contributed by atoms with Crippen LogP contribution in [0.2, 0.25) is 0 Å². The Balaban J connectivity index is 1.28. The van der Waals surface area contributed by atoms with E-state index < -0.39 is 0 Å². The van der Waals surface area contributed by atoms with Gasteiger partial charge < -0.3 is 10.2 Å². The highest BCUT2D eigenvalue weighted by Gasteiger charge is 2.11. The molecule has 10 nitrogen and oxygen atoms in total. The molecule has 0 spiro atoms. The number of pyridine rings is 1. The number of para-hydroxylation sites is 1. The van der Waals surface area contributed by atoms with Gasteiger partial charge in [-0.15, -0.1) is 0 Å². The maximum absolute atomic E-state index is 5.87. The number of rotatable bonds is 7. The average Bonchev–Trinajstić information content (AvgIpc) is 3.46. The molecule has 0 saturated carbocycles. The number of H-pyrrole nitrogens is 1. The fraction of sp³-hybridized carbons (Fsp3) is 0.0476. The summed E-state index contributed by atoms with van der Waals surface area (Å²) in [5.41, 5.74) is 6.04. The van der Waals surface area contributed by atoms with Crippen LogP contribution in [-0.2, 0) is 6.54 Å². The largest absolute Gasteiger partial charge is 0.423 e. The standard InChI is InChI=1S/C21H17N9OS/c32-21-26-24-19(16-10-12-22-13-11-16)30(21)23-14-15-6-8-18(9-7-15)31-20-25-27-28-29(20)17-4-2-1-3-5-17/h1-13,23H,14H2,(H,26,32). The fourth-order valence-electron chi connectivity index (χ4n) is 3.06. The van der Waals surface area contributed by atoms with Crippen molar-refractivity contribution >= 4 is 12.2 Å². The van der Waals surface area contributed by atoms with E-state index in [1.165, 1.54) is 4.68 Å². The first-order valence-corrected chi connectivity index (χ1v) is 10.1. The summed E-state index contributed by atoms with van der Waals surface area (Å²) < 4.78 is 9.62. The lowest BCUT2D eigenvalue weighted by atomic mass is 10.2. The Bertz CT molecular complexity index is 1360. The van der Waals surface area contributed by atoms with Crippen molar-refractivity contribution in [3.63, 3.8) is 0 Å². The van der Waals surface area contributed by atoms with E-state index in [2.05, 4.69) is 36.1 Å². The SMILES string of the molecule is S=c1[nH]nc(-c2ccncc2)n1NCc1ccc(Oc2nnnn2-c2ccccc2)cc1. The normalized spacial score (nSPS) is 10.8. The molecule has 32 heavy (non-hydrogen) atoms. The highest BCUT2D eigenvalue weighted by molar-refractivity contribution is 7.71. The highest BCUT2D eigenvalue weighted by Crippen LogP contribution is 2.22. The van der Waals surface area contributed by atoms with E-state index in [-0.39, 0.29) is 6.01 Å². The predicted molar refractivity (Wildman–Crippen MR) is 119 cm³/mol. The van der Waals surface area contributed by atoms with Crippen LogP contribution in [0.3, 0.4) is 0 Å². The first kappa shape index (κ1) is 19.6. The zero-order valence-corrected chi connectivity index (χ0v) is 17.5. The van der Waals surface area contributed by atoms with E-state index in [9.17, 15) is 0 Å². The third-order valence-electron chi connectivity index (χ3n) is 4.63. The molecule has 0 atom stereocenters. The highest BCUT2D eigenvalue weighted by atomic mass is 32.1. The number of nitrogens with zero attached hydrogens (tertiary/aromatic N) is 7. The molecular weight excluding hydrogens is 426 g/mol. The van der Waals surface area contributed by atoms with Gasteiger partial charge in [0.2, 0.25) is 4.77 Å². The van der Waals surface area contributed by atoms with Crippen LogP contribution in [0, 0.1) is 4.77 Å². The van der Waals surface area contributed by atoms with E-state index in [4.69, 9.17) is 17.0 Å². The number of aromatic amines is 1. The van der Waals surface area contributed by atoms with Gasteiger partial charge in [0.1, 0.15) is 5.75 Å². The van der Waals surface area contributed by atoms with Crippen molar-refractivity contribution < 1.29 is 4.74 Å². The van der Waals surface area contributed by atoms with Gasteiger partial charge in [-0.25, -0.2) is 9.77 Å². The summed E-state index contributed by atoms with van der Waals surface area (Å²) in [7, 11) is 0. The van der Waals surface area contributed by atoms with E-state index in [0.29, 0.717) is 22.9 Å². The van der Waals surface area contributed by atoms with Crippen LogP contribution >= 0.6 is 12.2 Å². The molecule has 5 aromatic rings. The number of benzene rings is 2. The van der Waals surface area contributed by atoms with Gasteiger partial charge in [-0.1, -0.05) is 35.4 Å². The van der Waals surface area contributed by atoms with Gasteiger partial charge in [-0.3, -0.25) is 4.98 Å². The smallest absolute Gasteiger partial charge is 0.345 e. The Morgan fingerprint density at radius 1 is 0.969 bits per heavy atom. The summed E-state index contributed by atoms with van der Waals surface area (Å²) in [4.78, 5) is 4.04. The molecule has 3 heterocycles. The van der Waals surface area contributed by atoms with Crippen LogP contribution < -0.4 is 10.2 Å². The van der Waals surface area contributed by atoms with E-state index in [1.807, 2.05) is 66.7 Å². The molecule has 2 aromatic carbocycles. The molecule has 0 bridgehead atoms. The minimum absolute atomic E-state index is 0.286. The van der Waals surface area contributed by atoms with Crippen LogP contribution in [0.5, 0.6) is 11.8 Å². The number of aromatic nitrogens is 8. The maximum Gasteiger partial charge on any atom is 0.345 e. The van der Waals surface area contributed by atoms with E-state index >= 15 is 0 Å². The number of hydrogen-bond acceptors (Lipinski definition) is 8. The molecular formula is C21H17N9OS. The molecule has 0 radical (unpaired) electrons. The Morgan fingerprint density at radius 2 is 1.75 bits per heavy atom. The van der Waals surface area contributed by atoms with E-state index in [1.54, 1.807) is 17.1 Å². The Hall–Kier alpha value is -4.38. The van der Waals surface area contributed by atoms with Crippen molar-refractivity contribution in [3.05, 3.63) is 89.5 Å². The van der Waals surface area contributed by atoms with Crippen molar-refractivity contribution in [1.82, 2.24) is 40.1 Å². The van der Waals surface area contributed by atoms with Crippen molar-refractivity contribution in [1.29, 1.82) is 0 Å². The average molecular weight is 443 g/mol. The van der Waals surface area contributed by atoms with Crippen LogP contribution in [0.25, 0.3) is 17.1 Å². The second-order valence-corrected chi connectivity index (χ2v) is 7.10. The van der Waals surface area contributed by atoms with Gasteiger partial charge in [0.15, 0.2) is 5.82 Å². The first-order valence-electron chi connectivity index (χ1n) is 9.70. The lowest BCUT2D eigenvalue weighted by Crippen LogP contribution is -2.15. The third-order valence-corrected chi connectivity index (χ3v) is 4.90. The van der Waals surface area contributed by atoms with Crippen molar-refractivity contribution in [3.8, 4) is 28.8 Å². The summed E-state index contributed by atoms with van der Waals surface area (Å²) in [5.74, 6) is 1.31. The lowest BCUT2D eigenvalue weighted by Gasteiger charge is -2.11. The molecule has 3 aromatic heterocycles. The number of ether oxygens (including phenoxy) is 1. The minimum Gasteiger partial charge on any atom is -0.423 e. The zero-order chi connectivity index (χ0) is 21.8. The topological polar surface area (TPSA) is 111 Å². The molecule has 0 fully saturated rings. The maximum atomic E-state index is 5.87. The van der Waals surface area contributed by atoms with Gasteiger partial charge >= 0.3 is 6.01 Å². The molecule has 158 valence electrons. The molecule has 0 saturated heterocycles. The summed E-state index contributed by atoms with van der Waals surface area (Å²) in [6.07, 6.45) is 3.43. The van der Waals surface area contributed by atoms with Gasteiger partial charge in [0.05, 0.1) is 12.2 Å². The quantitative estimate of drug-likeness (QED) is 0.368. The van der Waals surface area contributed by atoms with E-state index in [0.717, 1.165) is 16.8 Å². The van der Waals surface area contributed by atoms with Crippen molar-refractivity contribution in [2.45, 2.75) is 6.54 Å². The molecule has 0 amide bonds. The molecule has 5 rings (SSSR count). The molecule has 0 aliphatic rings. The second kappa shape index (κ2) is 8.78. The van der Waals surface area contributed by atoms with Crippen molar-refractivity contribution in [2.75, 3.05) is 5.43 Å². The third kappa shape index (κ3) is 4.09. The van der Waals surface area contributed by atoms with Gasteiger partial charge in [0, 0.05) is 18.0 Å². The van der Waals surface area contributed by atoms with Gasteiger partial charge in [-0.05, 0) is 64.6 Å². The minimum atomic E-state index is 0.286. The predicted octanol–water partition coefficient (Wildman–Crippen LogP) is 3.51. The van der Waals surface area contributed by atoms with Crippen molar-refractivity contribution in [2.24, 2.45) is 0 Å². The Labute approximate surface area is 187 Å². The number of tetrazole rings is 1. The zero-order valence-electron chi connectivity index (χ0n) is 16.7. The Morgan fingerprint density at radius 3 is 2.53 bits per heavy atom. The second-order valence-electron chi connectivity index (χ2n) is 6.71. The molecule has 0 unspecified atom stereocenters. The monoisotopic (exact) mass is 443 g/mol. The van der Waals surface area contributed by atoms with Gasteiger partial charge in [0.25, 0.3) is 0 Å². The number of hydrogen-bond donors (Lipinski definition) is 2. The van der Waals surface area contributed by atoms with Crippen LogP contribution in [0.1, 0.15) is 5.56 Å². The fourth-order valence-corrected chi connectivity index (χ4v) is 3.26. The summed E-state index contributed by atoms with van der Waals surface area (Å²) in [6, 6.07) is 21.2. The molecule has 11 heteroatoms. The Kier molecular flexibility index (Phi) is 5.37. The molecule has 0 aliphatic carbocycles. The first-order chi connectivity index (χ1) is 15.8. The summed E-state index contributed by atoms with van der Waals surface area (Å²) in [6.45, 7) is 0.536. The van der Waals surface area contributed by atoms with Crippen LogP contribution in [-0.4, -0.2) is 40.1 Å². The molecule has 2 N–H and O–H groups in total.